The Morgan fingerprint density at radius 3 is 2.35 bits per heavy atom. The molecule has 1 atom stereocenters. The van der Waals surface area contributed by atoms with Gasteiger partial charge in [-0.05, 0) is 6.92 Å². The second-order valence-electron chi connectivity index (χ2n) is 3.25. The lowest BCUT2D eigenvalue weighted by molar-refractivity contribution is -0.142. The quantitative estimate of drug-likeness (QED) is 0.370. The summed E-state index contributed by atoms with van der Waals surface area (Å²) in [5.41, 5.74) is 0. The number of methoxy groups -OCH3 is 1. The van der Waals surface area contributed by atoms with E-state index in [0.717, 1.165) is 12.2 Å². The molecule has 1 N–H and O–H groups in total. The van der Waals surface area contributed by atoms with Crippen LogP contribution in [-0.2, 0) is 23.8 Å². The summed E-state index contributed by atoms with van der Waals surface area (Å²) in [4.78, 5) is 22.1. The summed E-state index contributed by atoms with van der Waals surface area (Å²) >= 11 is 0. The maximum absolute atomic E-state index is 11.1. The van der Waals surface area contributed by atoms with Crippen LogP contribution < -0.4 is 0 Å². The first-order chi connectivity index (χ1) is 8.10. The van der Waals surface area contributed by atoms with Gasteiger partial charge in [0.15, 0.2) is 0 Å². The molecular formula is C11H18O6. The monoisotopic (exact) mass is 246 g/mol. The predicted octanol–water partition coefficient (Wildman–Crippen LogP) is 0.0463. The van der Waals surface area contributed by atoms with Gasteiger partial charge in [0.2, 0.25) is 0 Å². The SMILES string of the molecule is COC(C)COC(=O)C=CC(=O)OCCCO. The van der Waals surface area contributed by atoms with Crippen LogP contribution in [0, 0.1) is 0 Å². The fourth-order valence-electron chi connectivity index (χ4n) is 0.737. The van der Waals surface area contributed by atoms with Crippen molar-refractivity contribution in [3.05, 3.63) is 12.2 Å². The first kappa shape index (κ1) is 15.6. The highest BCUT2D eigenvalue weighted by Crippen LogP contribution is 1.92. The molecule has 0 rings (SSSR count). The van der Waals surface area contributed by atoms with Crippen molar-refractivity contribution in [2.75, 3.05) is 26.9 Å². The summed E-state index contributed by atoms with van der Waals surface area (Å²) in [5.74, 6) is -1.27. The highest BCUT2D eigenvalue weighted by molar-refractivity contribution is 5.91. The zero-order valence-corrected chi connectivity index (χ0v) is 10.0. The number of esters is 2. The number of aliphatic hydroxyl groups excluding tert-OH is 1. The van der Waals surface area contributed by atoms with E-state index in [0.29, 0.717) is 6.42 Å². The molecule has 0 aromatic heterocycles. The first-order valence-electron chi connectivity index (χ1n) is 5.25. The van der Waals surface area contributed by atoms with Crippen LogP contribution in [0.3, 0.4) is 0 Å². The largest absolute Gasteiger partial charge is 0.462 e. The Balaban J connectivity index is 3.74. The molecule has 0 aliphatic rings. The molecule has 0 aromatic rings. The van der Waals surface area contributed by atoms with E-state index in [1.165, 1.54) is 7.11 Å². The molecule has 17 heavy (non-hydrogen) atoms. The third-order valence-corrected chi connectivity index (χ3v) is 1.76. The average Bonchev–Trinajstić information content (AvgIpc) is 2.33. The maximum atomic E-state index is 11.1. The van der Waals surface area contributed by atoms with E-state index in [-0.39, 0.29) is 25.9 Å². The van der Waals surface area contributed by atoms with Gasteiger partial charge < -0.3 is 19.3 Å². The highest BCUT2D eigenvalue weighted by Gasteiger charge is 2.04. The van der Waals surface area contributed by atoms with Gasteiger partial charge in [-0.1, -0.05) is 0 Å². The molecule has 0 amide bonds. The third kappa shape index (κ3) is 9.52. The van der Waals surface area contributed by atoms with Crippen LogP contribution in [0.25, 0.3) is 0 Å². The van der Waals surface area contributed by atoms with Gasteiger partial charge in [0.05, 0.1) is 12.7 Å². The van der Waals surface area contributed by atoms with Crippen molar-refractivity contribution in [1.29, 1.82) is 0 Å². The smallest absolute Gasteiger partial charge is 0.331 e. The molecule has 0 aliphatic heterocycles. The van der Waals surface area contributed by atoms with Crippen molar-refractivity contribution in [1.82, 2.24) is 0 Å². The molecule has 0 aromatic carbocycles. The number of aliphatic hydroxyl groups is 1. The van der Waals surface area contributed by atoms with Crippen molar-refractivity contribution < 1.29 is 28.9 Å². The molecule has 0 saturated heterocycles. The van der Waals surface area contributed by atoms with E-state index in [1.54, 1.807) is 6.92 Å². The number of hydrogen-bond acceptors (Lipinski definition) is 6. The highest BCUT2D eigenvalue weighted by atomic mass is 16.6. The van der Waals surface area contributed by atoms with Gasteiger partial charge in [0, 0.05) is 32.3 Å². The Morgan fingerprint density at radius 2 is 1.82 bits per heavy atom. The van der Waals surface area contributed by atoms with E-state index in [2.05, 4.69) is 4.74 Å². The summed E-state index contributed by atoms with van der Waals surface area (Å²) in [6.07, 6.45) is 2.15. The molecule has 0 radical (unpaired) electrons. The standard InChI is InChI=1S/C11H18O6/c1-9(15-2)8-17-11(14)5-4-10(13)16-7-3-6-12/h4-5,9,12H,3,6-8H2,1-2H3. The van der Waals surface area contributed by atoms with E-state index in [9.17, 15) is 9.59 Å². The summed E-state index contributed by atoms with van der Waals surface area (Å²) < 4.78 is 14.3. The second-order valence-corrected chi connectivity index (χ2v) is 3.25. The lowest BCUT2D eigenvalue weighted by Crippen LogP contribution is -2.16. The normalized spacial score (nSPS) is 12.4. The van der Waals surface area contributed by atoms with Gasteiger partial charge in [0.1, 0.15) is 6.61 Å². The van der Waals surface area contributed by atoms with Crippen molar-refractivity contribution in [2.45, 2.75) is 19.4 Å². The van der Waals surface area contributed by atoms with Crippen LogP contribution in [0.4, 0.5) is 0 Å². The Hall–Kier alpha value is -1.40. The minimum Gasteiger partial charge on any atom is -0.462 e. The summed E-state index contributed by atoms with van der Waals surface area (Å²) in [6, 6.07) is 0. The maximum Gasteiger partial charge on any atom is 0.331 e. The molecule has 0 aliphatic carbocycles. The fourth-order valence-corrected chi connectivity index (χ4v) is 0.737. The molecule has 0 fully saturated rings. The lowest BCUT2D eigenvalue weighted by Gasteiger charge is -2.08. The summed E-state index contributed by atoms with van der Waals surface area (Å²) in [5, 5.41) is 8.45. The first-order valence-corrected chi connectivity index (χ1v) is 5.25. The topological polar surface area (TPSA) is 82.1 Å². The minimum absolute atomic E-state index is 0.0477. The van der Waals surface area contributed by atoms with Crippen molar-refractivity contribution >= 4 is 11.9 Å². The van der Waals surface area contributed by atoms with Gasteiger partial charge in [-0.2, -0.15) is 0 Å². The molecule has 1 unspecified atom stereocenters. The number of carbonyl (C=O) groups is 2. The molecule has 6 nitrogen and oxygen atoms in total. The van der Waals surface area contributed by atoms with Crippen molar-refractivity contribution in [3.8, 4) is 0 Å². The van der Waals surface area contributed by atoms with Gasteiger partial charge in [-0.15, -0.1) is 0 Å². The minimum atomic E-state index is -0.643. The zero-order chi connectivity index (χ0) is 13.1. The molecular weight excluding hydrogens is 228 g/mol. The second kappa shape index (κ2) is 9.80. The summed E-state index contributed by atoms with van der Waals surface area (Å²) in [7, 11) is 1.51. The zero-order valence-electron chi connectivity index (χ0n) is 10.0. The number of carbonyl (C=O) groups excluding carboxylic acids is 2. The van der Waals surface area contributed by atoms with E-state index in [4.69, 9.17) is 14.6 Å². The Labute approximate surface area is 100 Å². The van der Waals surface area contributed by atoms with Gasteiger partial charge in [0.25, 0.3) is 0 Å². The predicted molar refractivity (Wildman–Crippen MR) is 59.2 cm³/mol. The van der Waals surface area contributed by atoms with Gasteiger partial charge in [-0.3, -0.25) is 0 Å². The van der Waals surface area contributed by atoms with Gasteiger partial charge in [-0.25, -0.2) is 9.59 Å². The van der Waals surface area contributed by atoms with E-state index >= 15 is 0 Å². The van der Waals surface area contributed by atoms with Crippen LogP contribution in [0.2, 0.25) is 0 Å². The van der Waals surface area contributed by atoms with Gasteiger partial charge >= 0.3 is 11.9 Å². The molecule has 0 bridgehead atoms. The molecule has 98 valence electrons. The summed E-state index contributed by atoms with van der Waals surface area (Å²) in [6.45, 7) is 1.95. The van der Waals surface area contributed by atoms with Crippen LogP contribution in [-0.4, -0.2) is 50.1 Å². The molecule has 0 heterocycles. The van der Waals surface area contributed by atoms with E-state index in [1.807, 2.05) is 0 Å². The van der Waals surface area contributed by atoms with Crippen molar-refractivity contribution in [3.63, 3.8) is 0 Å². The van der Waals surface area contributed by atoms with Crippen LogP contribution in [0.15, 0.2) is 12.2 Å². The third-order valence-electron chi connectivity index (χ3n) is 1.76. The van der Waals surface area contributed by atoms with E-state index < -0.39 is 11.9 Å². The number of ether oxygens (including phenoxy) is 3. The Morgan fingerprint density at radius 1 is 1.24 bits per heavy atom. The van der Waals surface area contributed by atoms with Crippen molar-refractivity contribution in [2.24, 2.45) is 0 Å². The molecule has 0 spiro atoms. The van der Waals surface area contributed by atoms with Crippen LogP contribution >= 0.6 is 0 Å². The Kier molecular flexibility index (Phi) is 8.99. The number of hydrogen-bond donors (Lipinski definition) is 1. The lowest BCUT2D eigenvalue weighted by atomic mass is 10.4. The Bertz CT molecular complexity index is 261. The van der Waals surface area contributed by atoms with Crippen LogP contribution in [0.1, 0.15) is 13.3 Å². The average molecular weight is 246 g/mol. The molecule has 0 saturated carbocycles. The number of rotatable bonds is 8. The fraction of sp³-hybridized carbons (Fsp3) is 0.636. The van der Waals surface area contributed by atoms with Crippen LogP contribution in [0.5, 0.6) is 0 Å². The molecule has 6 heteroatoms.